The smallest absolute Gasteiger partial charge is 0.363 e. The van der Waals surface area contributed by atoms with Crippen LogP contribution >= 0.6 is 56.8 Å². The summed E-state index contributed by atoms with van der Waals surface area (Å²) in [6.07, 6.45) is 1.56. The van der Waals surface area contributed by atoms with Crippen molar-refractivity contribution in [2.45, 2.75) is 0 Å². The highest BCUT2D eigenvalue weighted by Gasteiger charge is 2.26. The number of esters is 1. The van der Waals surface area contributed by atoms with E-state index in [2.05, 4.69) is 50.2 Å². The van der Waals surface area contributed by atoms with Crippen LogP contribution in [0.5, 0.6) is 5.75 Å². The van der Waals surface area contributed by atoms with E-state index in [1.807, 2.05) is 12.1 Å². The molecule has 3 rings (SSSR count). The molecule has 2 aromatic rings. The van der Waals surface area contributed by atoms with Gasteiger partial charge in [-0.25, -0.2) is 9.79 Å². The molecule has 1 aliphatic heterocycles. The summed E-state index contributed by atoms with van der Waals surface area (Å²) in [5.74, 6) is -0.0640. The molecule has 0 N–H and O–H groups in total. The number of cyclic esters (lactones) is 1. The van der Waals surface area contributed by atoms with Gasteiger partial charge in [0, 0.05) is 20.8 Å². The molecule has 0 radical (unpaired) electrons. The summed E-state index contributed by atoms with van der Waals surface area (Å²) >= 11 is 10.1. The zero-order valence-electron chi connectivity index (χ0n) is 13.5. The number of halogens is 3. The van der Waals surface area contributed by atoms with Gasteiger partial charge in [0.15, 0.2) is 5.70 Å². The van der Waals surface area contributed by atoms with E-state index < -0.39 is 10.9 Å². The second-order valence-corrected chi connectivity index (χ2v) is 8.08. The Balaban J connectivity index is 2.04. The Labute approximate surface area is 185 Å². The molecular weight excluding hydrogens is 601 g/mol. The highest BCUT2D eigenvalue weighted by atomic mass is 127. The molecule has 0 amide bonds. The number of nitro groups is 1. The average molecular weight is 611 g/mol. The van der Waals surface area contributed by atoms with Gasteiger partial charge in [-0.2, -0.15) is 0 Å². The Morgan fingerprint density at radius 1 is 1.30 bits per heavy atom. The number of aliphatic imine (C=N–C) groups is 1. The number of carbonyl (C=O) groups excluding carboxylic acids is 1. The molecule has 2 aromatic carbocycles. The van der Waals surface area contributed by atoms with Crippen LogP contribution in [0.25, 0.3) is 6.08 Å². The summed E-state index contributed by atoms with van der Waals surface area (Å²) in [4.78, 5) is 26.8. The molecule has 0 aromatic heterocycles. The number of methoxy groups -OCH3 is 1. The van der Waals surface area contributed by atoms with Gasteiger partial charge < -0.3 is 9.47 Å². The van der Waals surface area contributed by atoms with Gasteiger partial charge >= 0.3 is 5.97 Å². The first-order valence-electron chi connectivity index (χ1n) is 7.30. The predicted molar refractivity (Wildman–Crippen MR) is 117 cm³/mol. The standard InChI is InChI=1S/C17H9ClI2N2O5/c1-26-15-9(4-10(19)7-12(15)20)5-13-17(23)27-16(21-13)8-2-3-11(18)14(6-8)22(24)25/h2-7H,1H3/b13-5-. The Morgan fingerprint density at radius 3 is 2.70 bits per heavy atom. The van der Waals surface area contributed by atoms with Gasteiger partial charge in [0.05, 0.1) is 15.6 Å². The van der Waals surface area contributed by atoms with Crippen molar-refractivity contribution >= 4 is 80.4 Å². The van der Waals surface area contributed by atoms with Crippen molar-refractivity contribution in [3.05, 3.63) is 69.4 Å². The van der Waals surface area contributed by atoms with Crippen LogP contribution in [-0.2, 0) is 9.53 Å². The average Bonchev–Trinajstić information content (AvgIpc) is 2.95. The number of ether oxygens (including phenoxy) is 2. The lowest BCUT2D eigenvalue weighted by atomic mass is 10.1. The van der Waals surface area contributed by atoms with Crippen molar-refractivity contribution in [3.8, 4) is 5.75 Å². The van der Waals surface area contributed by atoms with E-state index in [4.69, 9.17) is 21.1 Å². The fourth-order valence-corrected chi connectivity index (χ4v) is 4.66. The number of nitrogens with zero attached hydrogens (tertiary/aromatic N) is 2. The van der Waals surface area contributed by atoms with Gasteiger partial charge in [-0.15, -0.1) is 0 Å². The summed E-state index contributed by atoms with van der Waals surface area (Å²) in [7, 11) is 1.54. The van der Waals surface area contributed by atoms with E-state index in [0.717, 1.165) is 7.14 Å². The van der Waals surface area contributed by atoms with Gasteiger partial charge in [-0.3, -0.25) is 10.1 Å². The fraction of sp³-hybridized carbons (Fsp3) is 0.0588. The first kappa shape index (κ1) is 20.0. The zero-order valence-corrected chi connectivity index (χ0v) is 18.6. The van der Waals surface area contributed by atoms with E-state index in [9.17, 15) is 14.9 Å². The van der Waals surface area contributed by atoms with Crippen LogP contribution in [0.15, 0.2) is 41.0 Å². The van der Waals surface area contributed by atoms with E-state index >= 15 is 0 Å². The monoisotopic (exact) mass is 610 g/mol. The van der Waals surface area contributed by atoms with Crippen LogP contribution in [-0.4, -0.2) is 23.9 Å². The molecule has 27 heavy (non-hydrogen) atoms. The summed E-state index contributed by atoms with van der Waals surface area (Å²) in [5.41, 5.74) is 0.734. The molecular formula is C17H9ClI2N2O5. The summed E-state index contributed by atoms with van der Waals surface area (Å²) in [5, 5.41) is 11.0. The largest absolute Gasteiger partial charge is 0.495 e. The second-order valence-electron chi connectivity index (χ2n) is 5.27. The van der Waals surface area contributed by atoms with Crippen LogP contribution in [0.2, 0.25) is 5.02 Å². The van der Waals surface area contributed by atoms with Gasteiger partial charge in [0.2, 0.25) is 5.90 Å². The summed E-state index contributed by atoms with van der Waals surface area (Å²) < 4.78 is 12.4. The highest BCUT2D eigenvalue weighted by molar-refractivity contribution is 14.1. The first-order valence-corrected chi connectivity index (χ1v) is 9.83. The molecule has 138 valence electrons. The lowest BCUT2D eigenvalue weighted by Gasteiger charge is -2.08. The van der Waals surface area contributed by atoms with Crippen molar-refractivity contribution in [2.24, 2.45) is 4.99 Å². The molecule has 1 aliphatic rings. The van der Waals surface area contributed by atoms with Gasteiger partial charge in [-0.05, 0) is 75.5 Å². The van der Waals surface area contributed by atoms with Crippen LogP contribution < -0.4 is 4.74 Å². The Kier molecular flexibility index (Phi) is 6.01. The number of rotatable bonds is 4. The molecule has 7 nitrogen and oxygen atoms in total. The van der Waals surface area contributed by atoms with Crippen LogP contribution in [0, 0.1) is 17.3 Å². The third kappa shape index (κ3) is 4.24. The van der Waals surface area contributed by atoms with E-state index in [0.29, 0.717) is 11.3 Å². The number of hydrogen-bond donors (Lipinski definition) is 0. The number of carbonyl (C=O) groups is 1. The molecule has 0 bridgehead atoms. The van der Waals surface area contributed by atoms with Crippen molar-refractivity contribution in [1.82, 2.24) is 0 Å². The molecule has 1 heterocycles. The maximum atomic E-state index is 12.2. The van der Waals surface area contributed by atoms with Crippen molar-refractivity contribution in [2.75, 3.05) is 7.11 Å². The van der Waals surface area contributed by atoms with Gasteiger partial charge in [0.1, 0.15) is 10.8 Å². The van der Waals surface area contributed by atoms with Crippen molar-refractivity contribution < 1.29 is 19.2 Å². The van der Waals surface area contributed by atoms with Gasteiger partial charge in [0.25, 0.3) is 5.69 Å². The first-order chi connectivity index (χ1) is 12.8. The van der Waals surface area contributed by atoms with Crippen molar-refractivity contribution in [1.29, 1.82) is 0 Å². The number of benzene rings is 2. The van der Waals surface area contributed by atoms with Crippen molar-refractivity contribution in [3.63, 3.8) is 0 Å². The molecule has 0 fully saturated rings. The summed E-state index contributed by atoms with van der Waals surface area (Å²) in [6, 6.07) is 7.86. The normalized spacial score (nSPS) is 14.9. The molecule has 0 atom stereocenters. The molecule has 0 unspecified atom stereocenters. The minimum atomic E-state index is -0.654. The number of hydrogen-bond acceptors (Lipinski definition) is 6. The third-order valence-electron chi connectivity index (χ3n) is 3.54. The molecule has 0 saturated carbocycles. The SMILES string of the molecule is COc1c(I)cc(I)cc1/C=C1\N=C(c2ccc(Cl)c([N+](=O)[O-])c2)OC1=O. The lowest BCUT2D eigenvalue weighted by molar-refractivity contribution is -0.384. The maximum Gasteiger partial charge on any atom is 0.363 e. The quantitative estimate of drug-likeness (QED) is 0.163. The topological polar surface area (TPSA) is 91.0 Å². The predicted octanol–water partition coefficient (Wildman–Crippen LogP) is 4.81. The highest BCUT2D eigenvalue weighted by Crippen LogP contribution is 2.32. The van der Waals surface area contributed by atoms with Crippen LogP contribution in [0.4, 0.5) is 5.69 Å². The molecule has 10 heteroatoms. The fourth-order valence-electron chi connectivity index (χ4n) is 2.37. The number of nitro benzene ring substituents is 1. The second kappa shape index (κ2) is 8.10. The zero-order chi connectivity index (χ0) is 19.7. The Morgan fingerprint density at radius 2 is 2.04 bits per heavy atom. The summed E-state index contributed by atoms with van der Waals surface area (Å²) in [6.45, 7) is 0. The Hall–Kier alpha value is -1.73. The Bertz CT molecular complexity index is 1040. The van der Waals surface area contributed by atoms with E-state index in [1.165, 1.54) is 18.2 Å². The molecule has 0 aliphatic carbocycles. The van der Waals surface area contributed by atoms with Crippen LogP contribution in [0.3, 0.4) is 0 Å². The van der Waals surface area contributed by atoms with E-state index in [1.54, 1.807) is 13.2 Å². The third-order valence-corrected chi connectivity index (χ3v) is 5.29. The molecule has 0 saturated heterocycles. The minimum Gasteiger partial charge on any atom is -0.495 e. The van der Waals surface area contributed by atoms with Crippen LogP contribution in [0.1, 0.15) is 11.1 Å². The lowest BCUT2D eigenvalue weighted by Crippen LogP contribution is -2.06. The van der Waals surface area contributed by atoms with E-state index in [-0.39, 0.29) is 27.9 Å². The van der Waals surface area contributed by atoms with Gasteiger partial charge in [-0.1, -0.05) is 11.6 Å². The minimum absolute atomic E-state index is 0.0115. The molecule has 0 spiro atoms. The maximum absolute atomic E-state index is 12.2.